The van der Waals surface area contributed by atoms with Gasteiger partial charge in [0.1, 0.15) is 5.82 Å². The summed E-state index contributed by atoms with van der Waals surface area (Å²) in [6.07, 6.45) is 2.56. The Morgan fingerprint density at radius 2 is 2.16 bits per heavy atom. The van der Waals surface area contributed by atoms with E-state index in [2.05, 4.69) is 52.9 Å². The fourth-order valence-corrected chi connectivity index (χ4v) is 3.25. The van der Waals surface area contributed by atoms with Crippen molar-refractivity contribution < 1.29 is 0 Å². The maximum Gasteiger partial charge on any atom is 0.191 e. The zero-order valence-electron chi connectivity index (χ0n) is 11.5. The van der Waals surface area contributed by atoms with Gasteiger partial charge in [0.05, 0.1) is 0 Å². The number of aryl methyl sites for hydroxylation is 1. The maximum atomic E-state index is 4.37. The van der Waals surface area contributed by atoms with Crippen molar-refractivity contribution in [2.45, 2.75) is 50.1 Å². The molecule has 0 bridgehead atoms. The zero-order valence-corrected chi connectivity index (χ0v) is 12.3. The summed E-state index contributed by atoms with van der Waals surface area (Å²) in [6, 6.07) is 8.66. The Bertz CT molecular complexity index is 573. The van der Waals surface area contributed by atoms with Gasteiger partial charge in [0.2, 0.25) is 0 Å². The molecule has 0 aliphatic heterocycles. The molecule has 3 rings (SSSR count). The highest BCUT2D eigenvalue weighted by atomic mass is 32.2. The smallest absolute Gasteiger partial charge is 0.191 e. The Hall–Kier alpha value is -1.29. The van der Waals surface area contributed by atoms with E-state index in [1.807, 2.05) is 0 Å². The molecule has 0 radical (unpaired) electrons. The molecular weight excluding hydrogens is 254 g/mol. The van der Waals surface area contributed by atoms with Gasteiger partial charge in [-0.3, -0.25) is 0 Å². The van der Waals surface area contributed by atoms with Crippen LogP contribution in [0.3, 0.4) is 0 Å². The van der Waals surface area contributed by atoms with E-state index in [1.165, 1.54) is 29.8 Å². The second kappa shape index (κ2) is 5.37. The normalized spacial score (nSPS) is 14.8. The first-order valence-corrected chi connectivity index (χ1v) is 7.88. The van der Waals surface area contributed by atoms with E-state index in [1.54, 1.807) is 11.8 Å². The first-order chi connectivity index (χ1) is 9.28. The van der Waals surface area contributed by atoms with Crippen molar-refractivity contribution in [2.24, 2.45) is 0 Å². The van der Waals surface area contributed by atoms with Crippen molar-refractivity contribution >= 4 is 11.8 Å². The summed E-state index contributed by atoms with van der Waals surface area (Å²) in [4.78, 5) is 0. The van der Waals surface area contributed by atoms with Crippen LogP contribution in [0.4, 0.5) is 0 Å². The van der Waals surface area contributed by atoms with E-state index in [4.69, 9.17) is 0 Å². The first-order valence-electron chi connectivity index (χ1n) is 6.89. The SMILES string of the molecule is CCn1c(SCc2cccc(C)c2)nnc1C1CC1. The Kier molecular flexibility index (Phi) is 3.60. The Balaban J connectivity index is 1.73. The number of nitrogens with zero attached hydrogens (tertiary/aromatic N) is 3. The summed E-state index contributed by atoms with van der Waals surface area (Å²) >= 11 is 1.79. The highest BCUT2D eigenvalue weighted by Crippen LogP contribution is 2.40. The summed E-state index contributed by atoms with van der Waals surface area (Å²) in [5.74, 6) is 2.82. The van der Waals surface area contributed by atoms with Crippen LogP contribution in [0.5, 0.6) is 0 Å². The summed E-state index contributed by atoms with van der Waals surface area (Å²) in [5.41, 5.74) is 2.66. The lowest BCUT2D eigenvalue weighted by molar-refractivity contribution is 0.643. The van der Waals surface area contributed by atoms with E-state index >= 15 is 0 Å². The highest BCUT2D eigenvalue weighted by Gasteiger charge is 2.29. The fraction of sp³-hybridized carbons (Fsp3) is 0.467. The standard InChI is InChI=1S/C15H19N3S/c1-3-18-14(13-7-8-13)16-17-15(18)19-10-12-6-4-5-11(2)9-12/h4-6,9,13H,3,7-8,10H2,1-2H3. The van der Waals surface area contributed by atoms with Gasteiger partial charge in [0, 0.05) is 18.2 Å². The van der Waals surface area contributed by atoms with Crippen LogP contribution in [0, 0.1) is 6.92 Å². The van der Waals surface area contributed by atoms with Crippen LogP contribution in [0.2, 0.25) is 0 Å². The van der Waals surface area contributed by atoms with Crippen molar-refractivity contribution in [3.8, 4) is 0 Å². The molecule has 100 valence electrons. The lowest BCUT2D eigenvalue weighted by atomic mass is 10.2. The van der Waals surface area contributed by atoms with Gasteiger partial charge in [-0.05, 0) is 32.3 Å². The molecule has 0 amide bonds. The third-order valence-corrected chi connectivity index (χ3v) is 4.49. The van der Waals surface area contributed by atoms with Crippen LogP contribution in [0.25, 0.3) is 0 Å². The zero-order chi connectivity index (χ0) is 13.2. The van der Waals surface area contributed by atoms with Gasteiger partial charge in [-0.2, -0.15) is 0 Å². The predicted octanol–water partition coefficient (Wildman–Crippen LogP) is 3.78. The van der Waals surface area contributed by atoms with E-state index in [9.17, 15) is 0 Å². The molecule has 0 saturated heterocycles. The van der Waals surface area contributed by atoms with E-state index in [-0.39, 0.29) is 0 Å². The van der Waals surface area contributed by atoms with Crippen molar-refractivity contribution in [1.29, 1.82) is 0 Å². The topological polar surface area (TPSA) is 30.7 Å². The van der Waals surface area contributed by atoms with Crippen LogP contribution in [0.1, 0.15) is 42.6 Å². The molecular formula is C15H19N3S. The molecule has 19 heavy (non-hydrogen) atoms. The molecule has 1 saturated carbocycles. The van der Waals surface area contributed by atoms with Crippen LogP contribution < -0.4 is 0 Å². The van der Waals surface area contributed by atoms with E-state index in [0.29, 0.717) is 5.92 Å². The number of rotatable bonds is 5. The van der Waals surface area contributed by atoms with Crippen LogP contribution in [0.15, 0.2) is 29.4 Å². The highest BCUT2D eigenvalue weighted by molar-refractivity contribution is 7.98. The minimum atomic E-state index is 0.667. The summed E-state index contributed by atoms with van der Waals surface area (Å²) in [5, 5.41) is 9.79. The molecule has 1 aliphatic rings. The van der Waals surface area contributed by atoms with E-state index in [0.717, 1.165) is 17.5 Å². The van der Waals surface area contributed by atoms with Gasteiger partial charge >= 0.3 is 0 Å². The molecule has 0 unspecified atom stereocenters. The van der Waals surface area contributed by atoms with Crippen LogP contribution in [-0.2, 0) is 12.3 Å². The molecule has 1 aliphatic carbocycles. The molecule has 1 aromatic heterocycles. The molecule has 2 aromatic rings. The van der Waals surface area contributed by atoms with Gasteiger partial charge in [-0.1, -0.05) is 41.6 Å². The second-order valence-electron chi connectivity index (χ2n) is 5.14. The lowest BCUT2D eigenvalue weighted by Gasteiger charge is -2.06. The monoisotopic (exact) mass is 273 g/mol. The molecule has 0 N–H and O–H groups in total. The second-order valence-corrected chi connectivity index (χ2v) is 6.08. The number of hydrogen-bond donors (Lipinski definition) is 0. The molecule has 1 heterocycles. The predicted molar refractivity (Wildman–Crippen MR) is 78.4 cm³/mol. The number of thioether (sulfide) groups is 1. The van der Waals surface area contributed by atoms with Gasteiger partial charge in [-0.15, -0.1) is 10.2 Å². The van der Waals surface area contributed by atoms with Gasteiger partial charge in [-0.25, -0.2) is 0 Å². The molecule has 0 atom stereocenters. The molecule has 1 fully saturated rings. The first kappa shape index (κ1) is 12.7. The molecule has 4 heteroatoms. The Morgan fingerprint density at radius 3 is 2.84 bits per heavy atom. The molecule has 0 spiro atoms. The van der Waals surface area contributed by atoms with Gasteiger partial charge < -0.3 is 4.57 Å². The molecule has 1 aromatic carbocycles. The van der Waals surface area contributed by atoms with Crippen molar-refractivity contribution in [2.75, 3.05) is 0 Å². The third-order valence-electron chi connectivity index (χ3n) is 3.45. The number of aromatic nitrogens is 3. The van der Waals surface area contributed by atoms with Crippen LogP contribution in [-0.4, -0.2) is 14.8 Å². The largest absolute Gasteiger partial charge is 0.306 e. The number of hydrogen-bond acceptors (Lipinski definition) is 3. The Morgan fingerprint density at radius 1 is 1.32 bits per heavy atom. The number of benzene rings is 1. The van der Waals surface area contributed by atoms with Crippen molar-refractivity contribution in [1.82, 2.24) is 14.8 Å². The fourth-order valence-electron chi connectivity index (χ4n) is 2.30. The lowest BCUT2D eigenvalue weighted by Crippen LogP contribution is -2.01. The average Bonchev–Trinajstić information content (AvgIpc) is 3.17. The third kappa shape index (κ3) is 2.84. The minimum Gasteiger partial charge on any atom is -0.306 e. The van der Waals surface area contributed by atoms with Crippen LogP contribution >= 0.6 is 11.8 Å². The minimum absolute atomic E-state index is 0.667. The van der Waals surface area contributed by atoms with Gasteiger partial charge in [0.25, 0.3) is 0 Å². The van der Waals surface area contributed by atoms with Crippen molar-refractivity contribution in [3.05, 3.63) is 41.2 Å². The average molecular weight is 273 g/mol. The summed E-state index contributed by atoms with van der Waals surface area (Å²) < 4.78 is 2.28. The Labute approximate surface area is 118 Å². The van der Waals surface area contributed by atoms with Crippen molar-refractivity contribution in [3.63, 3.8) is 0 Å². The quantitative estimate of drug-likeness (QED) is 0.777. The summed E-state index contributed by atoms with van der Waals surface area (Å²) in [6.45, 7) is 5.27. The van der Waals surface area contributed by atoms with E-state index < -0.39 is 0 Å². The molecule has 3 nitrogen and oxygen atoms in total. The summed E-state index contributed by atoms with van der Waals surface area (Å²) in [7, 11) is 0. The van der Waals surface area contributed by atoms with Gasteiger partial charge in [0.15, 0.2) is 5.16 Å². The maximum absolute atomic E-state index is 4.37.